The molecule has 0 atom stereocenters. The first-order valence-electron chi connectivity index (χ1n) is 1.86. The monoisotopic (exact) mass is 101 g/mol. The van der Waals surface area contributed by atoms with Crippen LogP contribution in [0.25, 0.3) is 0 Å². The fourth-order valence-corrected chi connectivity index (χ4v) is 0.111. The molecule has 0 heterocycles. The minimum atomic E-state index is 0.523. The molecule has 40 valence electrons. The van der Waals surface area contributed by atoms with Crippen LogP contribution in [-0.2, 0) is 0 Å². The first kappa shape index (κ1) is 6.07. The third-order valence-corrected chi connectivity index (χ3v) is 0.553. The first-order chi connectivity index (χ1) is 3.31. The van der Waals surface area contributed by atoms with E-state index >= 15 is 0 Å². The number of nitrogens with zero attached hydrogens (tertiary/aromatic N) is 2. The van der Waals surface area contributed by atoms with Crippen LogP contribution >= 0.6 is 0 Å². The van der Waals surface area contributed by atoms with Crippen LogP contribution in [0.15, 0.2) is 10.4 Å². The standard InChI is InChI=1S/C3H7N3O/c1-3(4-2)5-6-7/h1-2H3,(H,4,5,7). The van der Waals surface area contributed by atoms with Gasteiger partial charge in [-0.15, -0.1) is 4.91 Å². The molecule has 0 aliphatic rings. The third kappa shape index (κ3) is 2.88. The molecule has 0 aliphatic heterocycles. The molecule has 0 aromatic carbocycles. The van der Waals surface area contributed by atoms with Crippen molar-refractivity contribution in [1.29, 1.82) is 0 Å². The molecule has 0 radical (unpaired) electrons. The van der Waals surface area contributed by atoms with Crippen LogP contribution in [0.3, 0.4) is 0 Å². The van der Waals surface area contributed by atoms with E-state index in [0.29, 0.717) is 5.84 Å². The number of rotatable bonds is 1. The van der Waals surface area contributed by atoms with Crippen LogP contribution in [-0.4, -0.2) is 12.9 Å². The average Bonchev–Trinajstić information content (AvgIpc) is 1.68. The van der Waals surface area contributed by atoms with Gasteiger partial charge in [-0.2, -0.15) is 0 Å². The molecule has 0 unspecified atom stereocenters. The minimum absolute atomic E-state index is 0.523. The SMILES string of the molecule is CNC(C)=NN=O. The smallest absolute Gasteiger partial charge is 0.125 e. The molecule has 0 saturated carbocycles. The van der Waals surface area contributed by atoms with Gasteiger partial charge in [-0.05, 0) is 6.92 Å². The van der Waals surface area contributed by atoms with Gasteiger partial charge in [0.15, 0.2) is 0 Å². The number of nitrogens with one attached hydrogen (secondary N) is 1. The lowest BCUT2D eigenvalue weighted by molar-refractivity contribution is 1.09. The Kier molecular flexibility index (Phi) is 2.83. The highest BCUT2D eigenvalue weighted by Crippen LogP contribution is 1.68. The van der Waals surface area contributed by atoms with Gasteiger partial charge in [0.2, 0.25) is 0 Å². The van der Waals surface area contributed by atoms with Crippen LogP contribution in [0.1, 0.15) is 6.92 Å². The molecule has 0 spiro atoms. The van der Waals surface area contributed by atoms with Crippen LogP contribution in [0.4, 0.5) is 0 Å². The summed E-state index contributed by atoms with van der Waals surface area (Å²) in [6.45, 7) is 1.65. The predicted molar refractivity (Wildman–Crippen MR) is 28.0 cm³/mol. The van der Waals surface area contributed by atoms with E-state index in [0.717, 1.165) is 0 Å². The third-order valence-electron chi connectivity index (χ3n) is 0.553. The van der Waals surface area contributed by atoms with E-state index in [2.05, 4.69) is 15.7 Å². The Morgan fingerprint density at radius 2 is 2.29 bits per heavy atom. The van der Waals surface area contributed by atoms with Gasteiger partial charge in [-0.25, -0.2) is 0 Å². The normalized spacial score (nSPS) is 10.9. The van der Waals surface area contributed by atoms with E-state index in [1.165, 1.54) is 0 Å². The summed E-state index contributed by atoms with van der Waals surface area (Å²) < 4.78 is 0. The topological polar surface area (TPSA) is 53.8 Å². The highest BCUT2D eigenvalue weighted by molar-refractivity contribution is 5.78. The summed E-state index contributed by atoms with van der Waals surface area (Å²) >= 11 is 0. The van der Waals surface area contributed by atoms with E-state index in [4.69, 9.17) is 0 Å². The van der Waals surface area contributed by atoms with Crippen molar-refractivity contribution in [1.82, 2.24) is 5.32 Å². The van der Waals surface area contributed by atoms with Gasteiger partial charge < -0.3 is 5.32 Å². The summed E-state index contributed by atoms with van der Waals surface area (Å²) in [5, 5.41) is 8.02. The number of amidine groups is 1. The van der Waals surface area contributed by atoms with Crippen LogP contribution in [0.2, 0.25) is 0 Å². The van der Waals surface area contributed by atoms with Gasteiger partial charge >= 0.3 is 0 Å². The van der Waals surface area contributed by atoms with E-state index in [1.807, 2.05) is 0 Å². The Hall–Kier alpha value is -0.930. The molecule has 1 N–H and O–H groups in total. The predicted octanol–water partition coefficient (Wildman–Crippen LogP) is 0.306. The maximum Gasteiger partial charge on any atom is 0.125 e. The summed E-state index contributed by atoms with van der Waals surface area (Å²) in [5.41, 5.74) is 0. The lowest BCUT2D eigenvalue weighted by atomic mass is 10.7. The van der Waals surface area contributed by atoms with E-state index in [9.17, 15) is 4.91 Å². The zero-order chi connectivity index (χ0) is 5.70. The molecule has 0 bridgehead atoms. The molecule has 0 fully saturated rings. The molecular formula is C3H7N3O. The van der Waals surface area contributed by atoms with E-state index in [1.54, 1.807) is 14.0 Å². The largest absolute Gasteiger partial charge is 0.375 e. The zero-order valence-corrected chi connectivity index (χ0v) is 4.30. The fraction of sp³-hybridized carbons (Fsp3) is 0.667. The Morgan fingerprint density at radius 1 is 1.71 bits per heavy atom. The van der Waals surface area contributed by atoms with Gasteiger partial charge in [-0.3, -0.25) is 0 Å². The number of hydrogen-bond donors (Lipinski definition) is 1. The molecule has 0 saturated heterocycles. The highest BCUT2D eigenvalue weighted by Gasteiger charge is 1.76. The molecule has 0 aromatic rings. The Morgan fingerprint density at radius 3 is 2.43 bits per heavy atom. The van der Waals surface area contributed by atoms with Crippen molar-refractivity contribution in [3.05, 3.63) is 4.91 Å². The maximum absolute atomic E-state index is 9.30. The van der Waals surface area contributed by atoms with Crippen LogP contribution < -0.4 is 5.32 Å². The van der Waals surface area contributed by atoms with Crippen LogP contribution in [0, 0.1) is 4.91 Å². The lowest BCUT2D eigenvalue weighted by Gasteiger charge is -1.87. The van der Waals surface area contributed by atoms with Crippen LogP contribution in [0.5, 0.6) is 0 Å². The minimum Gasteiger partial charge on any atom is -0.375 e. The van der Waals surface area contributed by atoms with Crippen molar-refractivity contribution in [3.8, 4) is 0 Å². The van der Waals surface area contributed by atoms with Crippen molar-refractivity contribution >= 4 is 5.84 Å². The lowest BCUT2D eigenvalue weighted by Crippen LogP contribution is -2.12. The molecule has 0 rings (SSSR count). The molecule has 4 heteroatoms. The quantitative estimate of drug-likeness (QED) is 0.223. The molecular weight excluding hydrogens is 94.1 g/mol. The van der Waals surface area contributed by atoms with Gasteiger partial charge in [0.25, 0.3) is 0 Å². The maximum atomic E-state index is 9.30. The molecule has 0 amide bonds. The van der Waals surface area contributed by atoms with Crippen molar-refractivity contribution in [3.63, 3.8) is 0 Å². The second-order valence-electron chi connectivity index (χ2n) is 1.02. The van der Waals surface area contributed by atoms with Crippen molar-refractivity contribution in [2.24, 2.45) is 10.4 Å². The average molecular weight is 101 g/mol. The molecule has 0 aromatic heterocycles. The second-order valence-corrected chi connectivity index (χ2v) is 1.02. The fourth-order valence-electron chi connectivity index (χ4n) is 0.111. The molecule has 4 nitrogen and oxygen atoms in total. The van der Waals surface area contributed by atoms with Crippen molar-refractivity contribution in [2.75, 3.05) is 7.05 Å². The highest BCUT2D eigenvalue weighted by atomic mass is 16.3. The van der Waals surface area contributed by atoms with Gasteiger partial charge in [-0.1, -0.05) is 5.10 Å². The Labute approximate surface area is 41.6 Å². The second kappa shape index (κ2) is 3.27. The van der Waals surface area contributed by atoms with Gasteiger partial charge in [0.1, 0.15) is 5.84 Å². The number of nitroso groups, excluding NO2 is 1. The van der Waals surface area contributed by atoms with Crippen molar-refractivity contribution < 1.29 is 0 Å². The summed E-state index contributed by atoms with van der Waals surface area (Å²) in [7, 11) is 1.67. The van der Waals surface area contributed by atoms with E-state index < -0.39 is 0 Å². The van der Waals surface area contributed by atoms with Gasteiger partial charge in [0, 0.05) is 7.05 Å². The number of hydrogen-bond acceptors (Lipinski definition) is 2. The summed E-state index contributed by atoms with van der Waals surface area (Å²) in [4.78, 5) is 9.30. The zero-order valence-electron chi connectivity index (χ0n) is 4.30. The Balaban J connectivity index is 3.49. The first-order valence-corrected chi connectivity index (χ1v) is 1.86. The molecule has 7 heavy (non-hydrogen) atoms. The summed E-state index contributed by atoms with van der Waals surface area (Å²) in [5.74, 6) is 0.523. The summed E-state index contributed by atoms with van der Waals surface area (Å²) in [6.07, 6.45) is 0. The van der Waals surface area contributed by atoms with Gasteiger partial charge in [0.05, 0.1) is 5.29 Å². The van der Waals surface area contributed by atoms with Crippen molar-refractivity contribution in [2.45, 2.75) is 6.92 Å². The summed E-state index contributed by atoms with van der Waals surface area (Å²) in [6, 6.07) is 0. The van der Waals surface area contributed by atoms with E-state index in [-0.39, 0.29) is 0 Å². The molecule has 0 aliphatic carbocycles. The Bertz CT molecular complexity index is 88.2.